The first-order chi connectivity index (χ1) is 7.34. The van der Waals surface area contributed by atoms with Crippen LogP contribution in [0.2, 0.25) is 0 Å². The van der Waals surface area contributed by atoms with Gasteiger partial charge in [-0.15, -0.1) is 0 Å². The molecule has 0 saturated carbocycles. The Morgan fingerprint density at radius 3 is 2.80 bits per heavy atom. The zero-order valence-corrected chi connectivity index (χ0v) is 9.29. The van der Waals surface area contributed by atoms with Crippen LogP contribution in [-0.2, 0) is 6.42 Å². The zero-order chi connectivity index (χ0) is 10.9. The van der Waals surface area contributed by atoms with Gasteiger partial charge in [-0.05, 0) is 44.0 Å². The van der Waals surface area contributed by atoms with Gasteiger partial charge in [0.1, 0.15) is 0 Å². The molecule has 0 aliphatic heterocycles. The molecule has 0 heterocycles. The maximum Gasteiger partial charge on any atom is 0.0622 e. The lowest BCUT2D eigenvalue weighted by atomic mass is 10.1. The Kier molecular flexibility index (Phi) is 5.50. The van der Waals surface area contributed by atoms with Crippen LogP contribution in [0.5, 0.6) is 0 Å². The van der Waals surface area contributed by atoms with Crippen LogP contribution in [-0.4, -0.2) is 13.1 Å². The Morgan fingerprint density at radius 1 is 1.27 bits per heavy atom. The molecule has 0 amide bonds. The van der Waals surface area contributed by atoms with Crippen molar-refractivity contribution in [3.05, 3.63) is 35.4 Å². The highest BCUT2D eigenvalue weighted by Crippen LogP contribution is 2.06. The minimum Gasteiger partial charge on any atom is -0.316 e. The number of benzene rings is 1. The average Bonchev–Trinajstić information content (AvgIpc) is 2.25. The molecule has 0 unspecified atom stereocenters. The molecule has 0 aromatic heterocycles. The van der Waals surface area contributed by atoms with Gasteiger partial charge in [-0.1, -0.05) is 24.3 Å². The molecule has 15 heavy (non-hydrogen) atoms. The molecular weight excluding hydrogens is 184 g/mol. The Morgan fingerprint density at radius 2 is 2.07 bits per heavy atom. The molecule has 1 rings (SSSR count). The topological polar surface area (TPSA) is 35.8 Å². The first-order valence-corrected chi connectivity index (χ1v) is 5.47. The highest BCUT2D eigenvalue weighted by Gasteiger charge is 1.95. The molecule has 0 radical (unpaired) electrons. The first-order valence-electron chi connectivity index (χ1n) is 5.47. The predicted octanol–water partition coefficient (Wildman–Crippen LogP) is 2.43. The van der Waals surface area contributed by atoms with Crippen LogP contribution < -0.4 is 5.32 Å². The van der Waals surface area contributed by atoms with Crippen molar-refractivity contribution in [2.24, 2.45) is 0 Å². The lowest BCUT2D eigenvalue weighted by molar-refractivity contribution is 0.654. The fraction of sp³-hybridized carbons (Fsp3) is 0.462. The van der Waals surface area contributed by atoms with Crippen molar-refractivity contribution in [2.75, 3.05) is 13.1 Å². The van der Waals surface area contributed by atoms with Gasteiger partial charge in [-0.2, -0.15) is 5.26 Å². The summed E-state index contributed by atoms with van der Waals surface area (Å²) in [5, 5.41) is 11.7. The van der Waals surface area contributed by atoms with Crippen LogP contribution in [0.15, 0.2) is 24.3 Å². The molecule has 0 saturated heterocycles. The van der Waals surface area contributed by atoms with Crippen LogP contribution >= 0.6 is 0 Å². The van der Waals surface area contributed by atoms with E-state index in [2.05, 4.69) is 42.6 Å². The van der Waals surface area contributed by atoms with E-state index in [9.17, 15) is 0 Å². The maximum atomic E-state index is 8.36. The molecule has 1 aromatic rings. The third-order valence-electron chi connectivity index (χ3n) is 2.47. The number of aryl methyl sites for hydroxylation is 1. The van der Waals surface area contributed by atoms with E-state index < -0.39 is 0 Å². The first kappa shape index (κ1) is 11.7. The highest BCUT2D eigenvalue weighted by atomic mass is 14.8. The Bertz CT molecular complexity index is 326. The van der Waals surface area contributed by atoms with Crippen molar-refractivity contribution in [3.63, 3.8) is 0 Å². The number of nitrogens with zero attached hydrogens (tertiary/aromatic N) is 1. The molecule has 2 nitrogen and oxygen atoms in total. The fourth-order valence-corrected chi connectivity index (χ4v) is 1.53. The van der Waals surface area contributed by atoms with Gasteiger partial charge in [0.2, 0.25) is 0 Å². The van der Waals surface area contributed by atoms with Crippen molar-refractivity contribution in [2.45, 2.75) is 26.2 Å². The third kappa shape index (κ3) is 4.62. The van der Waals surface area contributed by atoms with Gasteiger partial charge in [-0.3, -0.25) is 0 Å². The highest BCUT2D eigenvalue weighted by molar-refractivity contribution is 5.25. The van der Waals surface area contributed by atoms with Crippen LogP contribution in [0.1, 0.15) is 24.0 Å². The second-order valence-corrected chi connectivity index (χ2v) is 3.69. The largest absolute Gasteiger partial charge is 0.316 e. The summed E-state index contributed by atoms with van der Waals surface area (Å²) >= 11 is 0. The Hall–Kier alpha value is -1.33. The average molecular weight is 202 g/mol. The van der Waals surface area contributed by atoms with Crippen LogP contribution in [0.25, 0.3) is 0 Å². The molecular formula is C13H18N2. The number of hydrogen-bond donors (Lipinski definition) is 1. The van der Waals surface area contributed by atoms with Crippen LogP contribution in [0, 0.1) is 18.3 Å². The molecule has 80 valence electrons. The standard InChI is InChI=1S/C13H18N2/c1-12-6-2-3-7-13(12)8-11-15-10-5-4-9-14/h2-3,6-7,15H,4-5,8,10-11H2,1H3. The Labute approximate surface area is 91.9 Å². The molecule has 0 bridgehead atoms. The molecule has 2 heteroatoms. The van der Waals surface area contributed by atoms with Gasteiger partial charge in [0.05, 0.1) is 6.07 Å². The third-order valence-corrected chi connectivity index (χ3v) is 2.47. The van der Waals surface area contributed by atoms with E-state index in [1.54, 1.807) is 0 Å². The molecule has 1 N–H and O–H groups in total. The summed E-state index contributed by atoms with van der Waals surface area (Å²) in [6.07, 6.45) is 2.67. The molecule has 1 aromatic carbocycles. The maximum absolute atomic E-state index is 8.36. The molecule has 0 spiro atoms. The van der Waals surface area contributed by atoms with E-state index in [1.165, 1.54) is 11.1 Å². The summed E-state index contributed by atoms with van der Waals surface area (Å²) in [6.45, 7) is 4.08. The van der Waals surface area contributed by atoms with Crippen molar-refractivity contribution in [3.8, 4) is 6.07 Å². The van der Waals surface area contributed by atoms with Crippen molar-refractivity contribution in [1.29, 1.82) is 5.26 Å². The normalized spacial score (nSPS) is 9.87. The number of rotatable bonds is 6. The smallest absolute Gasteiger partial charge is 0.0622 e. The summed E-state index contributed by atoms with van der Waals surface area (Å²) in [4.78, 5) is 0. The van der Waals surface area contributed by atoms with Gasteiger partial charge in [0, 0.05) is 6.42 Å². The summed E-state index contributed by atoms with van der Waals surface area (Å²) in [6, 6.07) is 10.6. The van der Waals surface area contributed by atoms with Crippen LogP contribution in [0.4, 0.5) is 0 Å². The number of unbranched alkanes of at least 4 members (excludes halogenated alkanes) is 1. The van der Waals surface area contributed by atoms with Gasteiger partial charge in [-0.25, -0.2) is 0 Å². The molecule has 0 aliphatic carbocycles. The predicted molar refractivity (Wildman–Crippen MR) is 62.6 cm³/mol. The summed E-state index contributed by atoms with van der Waals surface area (Å²) in [7, 11) is 0. The van der Waals surface area contributed by atoms with E-state index >= 15 is 0 Å². The van der Waals surface area contributed by atoms with Crippen molar-refractivity contribution >= 4 is 0 Å². The van der Waals surface area contributed by atoms with Crippen molar-refractivity contribution < 1.29 is 0 Å². The molecule has 0 fully saturated rings. The van der Waals surface area contributed by atoms with Crippen molar-refractivity contribution in [1.82, 2.24) is 5.32 Å². The summed E-state index contributed by atoms with van der Waals surface area (Å²) in [5.74, 6) is 0. The van der Waals surface area contributed by atoms with E-state index in [0.29, 0.717) is 6.42 Å². The SMILES string of the molecule is Cc1ccccc1CCNCCCC#N. The monoisotopic (exact) mass is 202 g/mol. The quantitative estimate of drug-likeness (QED) is 0.719. The number of nitriles is 1. The van der Waals surface area contributed by atoms with E-state index in [-0.39, 0.29) is 0 Å². The van der Waals surface area contributed by atoms with Gasteiger partial charge in [0.25, 0.3) is 0 Å². The number of hydrogen-bond acceptors (Lipinski definition) is 2. The van der Waals surface area contributed by atoms with Gasteiger partial charge in [0.15, 0.2) is 0 Å². The van der Waals surface area contributed by atoms with Gasteiger partial charge < -0.3 is 5.32 Å². The van der Waals surface area contributed by atoms with E-state index in [4.69, 9.17) is 5.26 Å². The lowest BCUT2D eigenvalue weighted by Crippen LogP contribution is -2.18. The minimum absolute atomic E-state index is 0.650. The summed E-state index contributed by atoms with van der Waals surface area (Å²) < 4.78 is 0. The Balaban J connectivity index is 2.16. The molecule has 0 aliphatic rings. The second kappa shape index (κ2) is 7.03. The van der Waals surface area contributed by atoms with Crippen LogP contribution in [0.3, 0.4) is 0 Å². The fourth-order valence-electron chi connectivity index (χ4n) is 1.53. The van der Waals surface area contributed by atoms with E-state index in [1.807, 2.05) is 0 Å². The summed E-state index contributed by atoms with van der Waals surface area (Å²) in [5.41, 5.74) is 2.77. The number of nitrogens with one attached hydrogen (secondary N) is 1. The zero-order valence-electron chi connectivity index (χ0n) is 9.29. The molecule has 0 atom stereocenters. The lowest BCUT2D eigenvalue weighted by Gasteiger charge is -2.06. The van der Waals surface area contributed by atoms with E-state index in [0.717, 1.165) is 25.9 Å². The second-order valence-electron chi connectivity index (χ2n) is 3.69. The minimum atomic E-state index is 0.650. The van der Waals surface area contributed by atoms with Gasteiger partial charge >= 0.3 is 0 Å².